The number of ether oxygens (including phenoxy) is 1. The van der Waals surface area contributed by atoms with Gasteiger partial charge in [-0.05, 0) is 18.8 Å². The number of esters is 1. The molecule has 82 valence electrons. The minimum atomic E-state index is -0.0247. The molecule has 0 heterocycles. The van der Waals surface area contributed by atoms with Crippen molar-refractivity contribution in [1.82, 2.24) is 0 Å². The van der Waals surface area contributed by atoms with Gasteiger partial charge in [0.25, 0.3) is 0 Å². The second-order valence-corrected chi connectivity index (χ2v) is 4.26. The summed E-state index contributed by atoms with van der Waals surface area (Å²) in [6, 6.07) is 0. The molecule has 0 radical (unpaired) electrons. The van der Waals surface area contributed by atoms with Crippen molar-refractivity contribution in [3.63, 3.8) is 0 Å². The number of hydrogen-bond acceptors (Lipinski definition) is 2. The molecular weight excluding hydrogens is 176 g/mol. The van der Waals surface area contributed by atoms with Gasteiger partial charge in [0.1, 0.15) is 0 Å². The molecule has 1 aliphatic carbocycles. The van der Waals surface area contributed by atoms with E-state index in [-0.39, 0.29) is 5.97 Å². The van der Waals surface area contributed by atoms with E-state index < -0.39 is 0 Å². The van der Waals surface area contributed by atoms with Gasteiger partial charge in [-0.1, -0.05) is 39.0 Å². The van der Waals surface area contributed by atoms with Crippen LogP contribution < -0.4 is 0 Å². The predicted molar refractivity (Wildman–Crippen MR) is 57.1 cm³/mol. The molecule has 0 aromatic rings. The standard InChI is InChI=1S/C12H22O2/c1-2-6-12(13)14-10-9-11-7-4-3-5-8-11/h11H,2-10H2,1H3. The Hall–Kier alpha value is -0.530. The Bertz CT molecular complexity index is 160. The monoisotopic (exact) mass is 198 g/mol. The van der Waals surface area contributed by atoms with Crippen molar-refractivity contribution in [2.45, 2.75) is 58.3 Å². The first kappa shape index (κ1) is 11.5. The Labute approximate surface area is 87.0 Å². The molecule has 1 saturated carbocycles. The summed E-state index contributed by atoms with van der Waals surface area (Å²) in [5.74, 6) is 0.793. The van der Waals surface area contributed by atoms with E-state index in [9.17, 15) is 4.79 Å². The van der Waals surface area contributed by atoms with Crippen molar-refractivity contribution in [2.24, 2.45) is 5.92 Å². The van der Waals surface area contributed by atoms with Crippen LogP contribution in [0, 0.1) is 5.92 Å². The number of carbonyl (C=O) groups is 1. The normalized spacial score (nSPS) is 18.1. The van der Waals surface area contributed by atoms with Gasteiger partial charge in [0.05, 0.1) is 6.61 Å². The van der Waals surface area contributed by atoms with E-state index in [1.165, 1.54) is 32.1 Å². The lowest BCUT2D eigenvalue weighted by Gasteiger charge is -2.20. The highest BCUT2D eigenvalue weighted by atomic mass is 16.5. The van der Waals surface area contributed by atoms with E-state index in [4.69, 9.17) is 4.74 Å². The zero-order chi connectivity index (χ0) is 10.2. The van der Waals surface area contributed by atoms with Crippen LogP contribution in [-0.2, 0) is 9.53 Å². The molecule has 0 aromatic carbocycles. The van der Waals surface area contributed by atoms with Crippen LogP contribution in [-0.4, -0.2) is 12.6 Å². The Morgan fingerprint density at radius 1 is 1.29 bits per heavy atom. The largest absolute Gasteiger partial charge is 0.466 e. The summed E-state index contributed by atoms with van der Waals surface area (Å²) in [7, 11) is 0. The zero-order valence-electron chi connectivity index (χ0n) is 9.26. The average molecular weight is 198 g/mol. The van der Waals surface area contributed by atoms with Gasteiger partial charge >= 0.3 is 5.97 Å². The minimum absolute atomic E-state index is 0.0247. The molecule has 2 nitrogen and oxygen atoms in total. The Morgan fingerprint density at radius 2 is 2.00 bits per heavy atom. The molecule has 0 spiro atoms. The Balaban J connectivity index is 1.99. The molecule has 1 fully saturated rings. The first-order valence-electron chi connectivity index (χ1n) is 5.98. The van der Waals surface area contributed by atoms with Crippen molar-refractivity contribution in [3.05, 3.63) is 0 Å². The van der Waals surface area contributed by atoms with Crippen LogP contribution in [0.3, 0.4) is 0 Å². The van der Waals surface area contributed by atoms with E-state index in [1.54, 1.807) is 0 Å². The summed E-state index contributed by atoms with van der Waals surface area (Å²) < 4.78 is 5.15. The predicted octanol–water partition coefficient (Wildman–Crippen LogP) is 3.30. The Kier molecular flexibility index (Phi) is 5.65. The van der Waals surface area contributed by atoms with E-state index in [2.05, 4.69) is 0 Å². The van der Waals surface area contributed by atoms with Crippen molar-refractivity contribution >= 4 is 5.97 Å². The molecule has 0 saturated heterocycles. The fourth-order valence-electron chi connectivity index (χ4n) is 2.09. The molecule has 14 heavy (non-hydrogen) atoms. The molecule has 1 aliphatic rings. The third kappa shape index (κ3) is 4.64. The molecule has 2 heteroatoms. The highest BCUT2D eigenvalue weighted by Gasteiger charge is 2.13. The second-order valence-electron chi connectivity index (χ2n) is 4.26. The summed E-state index contributed by atoms with van der Waals surface area (Å²) in [5.41, 5.74) is 0. The molecule has 0 unspecified atom stereocenters. The molecule has 0 aromatic heterocycles. The van der Waals surface area contributed by atoms with Gasteiger partial charge in [0.15, 0.2) is 0 Å². The lowest BCUT2D eigenvalue weighted by molar-refractivity contribution is -0.144. The van der Waals surface area contributed by atoms with Crippen molar-refractivity contribution in [2.75, 3.05) is 6.61 Å². The number of rotatable bonds is 5. The second kappa shape index (κ2) is 6.86. The summed E-state index contributed by atoms with van der Waals surface area (Å²) in [5, 5.41) is 0. The topological polar surface area (TPSA) is 26.3 Å². The molecule has 0 amide bonds. The summed E-state index contributed by atoms with van der Waals surface area (Å²) >= 11 is 0. The lowest BCUT2D eigenvalue weighted by Crippen LogP contribution is -2.12. The van der Waals surface area contributed by atoms with Gasteiger partial charge in [-0.2, -0.15) is 0 Å². The van der Waals surface area contributed by atoms with Crippen molar-refractivity contribution in [1.29, 1.82) is 0 Å². The number of carbonyl (C=O) groups excluding carboxylic acids is 1. The van der Waals surface area contributed by atoms with E-state index in [0.29, 0.717) is 13.0 Å². The van der Waals surface area contributed by atoms with Crippen LogP contribution in [0.1, 0.15) is 58.3 Å². The van der Waals surface area contributed by atoms with E-state index in [1.807, 2.05) is 6.92 Å². The minimum Gasteiger partial charge on any atom is -0.466 e. The van der Waals surface area contributed by atoms with E-state index >= 15 is 0 Å². The van der Waals surface area contributed by atoms with Gasteiger partial charge in [0, 0.05) is 6.42 Å². The SMILES string of the molecule is CCCC(=O)OCCC1CCCCC1. The van der Waals surface area contributed by atoms with Gasteiger partial charge < -0.3 is 4.74 Å². The van der Waals surface area contributed by atoms with Gasteiger partial charge in [0.2, 0.25) is 0 Å². The fourth-order valence-corrected chi connectivity index (χ4v) is 2.09. The average Bonchev–Trinajstić information content (AvgIpc) is 2.20. The maximum atomic E-state index is 11.1. The van der Waals surface area contributed by atoms with Crippen LogP contribution in [0.15, 0.2) is 0 Å². The van der Waals surface area contributed by atoms with Crippen LogP contribution in [0.25, 0.3) is 0 Å². The maximum absolute atomic E-state index is 11.1. The smallest absolute Gasteiger partial charge is 0.305 e. The highest BCUT2D eigenvalue weighted by Crippen LogP contribution is 2.26. The third-order valence-corrected chi connectivity index (χ3v) is 2.97. The molecule has 0 N–H and O–H groups in total. The molecule has 0 aliphatic heterocycles. The maximum Gasteiger partial charge on any atom is 0.305 e. The zero-order valence-corrected chi connectivity index (χ0v) is 9.26. The highest BCUT2D eigenvalue weighted by molar-refractivity contribution is 5.69. The van der Waals surface area contributed by atoms with Gasteiger partial charge in [-0.15, -0.1) is 0 Å². The van der Waals surface area contributed by atoms with Crippen LogP contribution in [0.4, 0.5) is 0 Å². The van der Waals surface area contributed by atoms with E-state index in [0.717, 1.165) is 18.8 Å². The summed E-state index contributed by atoms with van der Waals surface area (Å²) in [6.45, 7) is 2.64. The van der Waals surface area contributed by atoms with Gasteiger partial charge in [-0.3, -0.25) is 4.79 Å². The number of hydrogen-bond donors (Lipinski definition) is 0. The third-order valence-electron chi connectivity index (χ3n) is 2.97. The molecule has 0 atom stereocenters. The first-order valence-corrected chi connectivity index (χ1v) is 5.98. The van der Waals surface area contributed by atoms with Crippen molar-refractivity contribution in [3.8, 4) is 0 Å². The first-order chi connectivity index (χ1) is 6.83. The van der Waals surface area contributed by atoms with Crippen molar-refractivity contribution < 1.29 is 9.53 Å². The summed E-state index contributed by atoms with van der Waals surface area (Å²) in [6.07, 6.45) is 9.35. The van der Waals surface area contributed by atoms with Crippen LogP contribution in [0.5, 0.6) is 0 Å². The summed E-state index contributed by atoms with van der Waals surface area (Å²) in [4.78, 5) is 11.1. The molecule has 1 rings (SSSR count). The van der Waals surface area contributed by atoms with Gasteiger partial charge in [-0.25, -0.2) is 0 Å². The molecule has 0 bridgehead atoms. The fraction of sp³-hybridized carbons (Fsp3) is 0.917. The van der Waals surface area contributed by atoms with Crippen LogP contribution in [0.2, 0.25) is 0 Å². The quantitative estimate of drug-likeness (QED) is 0.633. The lowest BCUT2D eigenvalue weighted by atomic mass is 9.87. The Morgan fingerprint density at radius 3 is 2.64 bits per heavy atom. The van der Waals surface area contributed by atoms with Crippen LogP contribution >= 0.6 is 0 Å². The molecular formula is C12H22O2.